The summed E-state index contributed by atoms with van der Waals surface area (Å²) in [6.07, 6.45) is 4.46. The van der Waals surface area contributed by atoms with Gasteiger partial charge in [-0.15, -0.1) is 0 Å². The van der Waals surface area contributed by atoms with E-state index >= 15 is 0 Å². The Morgan fingerprint density at radius 1 is 1.00 bits per heavy atom. The number of alkyl carbamates (subject to hydrolysis) is 1. The number of aromatic nitrogens is 1. The van der Waals surface area contributed by atoms with Crippen LogP contribution in [0.5, 0.6) is 0 Å². The number of carbonyl (C=O) groups is 2. The number of nitrogens with two attached hydrogens (primary N) is 1. The predicted molar refractivity (Wildman–Crippen MR) is 146 cm³/mol. The molecule has 3 aromatic rings. The highest BCUT2D eigenvalue weighted by Gasteiger charge is 2.25. The highest BCUT2D eigenvalue weighted by atomic mass is 35.5. The van der Waals surface area contributed by atoms with Crippen LogP contribution in [0, 0.1) is 11.8 Å². The maximum absolute atomic E-state index is 12.8. The van der Waals surface area contributed by atoms with E-state index < -0.39 is 11.7 Å². The molecule has 0 spiro atoms. The summed E-state index contributed by atoms with van der Waals surface area (Å²) in [6.45, 7) is 5.52. The van der Waals surface area contributed by atoms with E-state index in [1.807, 2.05) is 45.0 Å². The van der Waals surface area contributed by atoms with E-state index in [4.69, 9.17) is 22.1 Å². The molecule has 8 heteroatoms. The standard InChI is InChI=1S/C29H31ClN4O3/c1-29(2,3)37-28(36)34-23-13-11-22(12-14-23)33-27(35)19-7-4-18(5-8-19)6-15-24-25-16-21(30)10-9-20(25)17-32-26(24)31/h4-5,7-10,16-17,22-23H,11-14H2,1-3H3,(H2,31,32)(H,33,35)(H,34,36). The number of fused-ring (bicyclic) bond motifs is 1. The Bertz CT molecular complexity index is 1360. The van der Waals surface area contributed by atoms with Crippen molar-refractivity contribution in [2.24, 2.45) is 0 Å². The number of pyridine rings is 1. The minimum absolute atomic E-state index is 0.0582. The lowest BCUT2D eigenvalue weighted by Gasteiger charge is -2.30. The van der Waals surface area contributed by atoms with Gasteiger partial charge in [-0.1, -0.05) is 29.5 Å². The van der Waals surface area contributed by atoms with Crippen molar-refractivity contribution in [2.75, 3.05) is 5.73 Å². The maximum Gasteiger partial charge on any atom is 0.407 e. The minimum Gasteiger partial charge on any atom is -0.444 e. The molecule has 1 aliphatic carbocycles. The van der Waals surface area contributed by atoms with Gasteiger partial charge < -0.3 is 21.1 Å². The Balaban J connectivity index is 1.34. The van der Waals surface area contributed by atoms with Crippen LogP contribution in [0.3, 0.4) is 0 Å². The fraction of sp³-hybridized carbons (Fsp3) is 0.345. The van der Waals surface area contributed by atoms with Gasteiger partial charge >= 0.3 is 6.09 Å². The third-order valence-corrected chi connectivity index (χ3v) is 6.38. The lowest BCUT2D eigenvalue weighted by Crippen LogP contribution is -2.45. The van der Waals surface area contributed by atoms with E-state index in [0.717, 1.165) is 42.0 Å². The van der Waals surface area contributed by atoms with Gasteiger partial charge in [0.1, 0.15) is 11.4 Å². The molecule has 0 bridgehead atoms. The number of benzene rings is 2. The summed E-state index contributed by atoms with van der Waals surface area (Å²) in [5.74, 6) is 6.43. The number of halogens is 1. The van der Waals surface area contributed by atoms with Crippen LogP contribution in [0.4, 0.5) is 10.6 Å². The Morgan fingerprint density at radius 3 is 2.30 bits per heavy atom. The predicted octanol–water partition coefficient (Wildman–Crippen LogP) is 5.44. The number of rotatable bonds is 3. The number of hydrogen-bond acceptors (Lipinski definition) is 5. The fourth-order valence-electron chi connectivity index (χ4n) is 4.30. The van der Waals surface area contributed by atoms with E-state index in [9.17, 15) is 9.59 Å². The molecule has 2 aromatic carbocycles. The van der Waals surface area contributed by atoms with E-state index in [0.29, 0.717) is 22.0 Å². The number of hydrogen-bond donors (Lipinski definition) is 3. The van der Waals surface area contributed by atoms with E-state index in [1.54, 1.807) is 24.4 Å². The van der Waals surface area contributed by atoms with Crippen LogP contribution in [0.1, 0.15) is 67.9 Å². The van der Waals surface area contributed by atoms with Crippen molar-refractivity contribution >= 4 is 40.2 Å². The first kappa shape index (κ1) is 26.3. The third-order valence-electron chi connectivity index (χ3n) is 6.15. The van der Waals surface area contributed by atoms with E-state index in [-0.39, 0.29) is 18.0 Å². The van der Waals surface area contributed by atoms with Crippen molar-refractivity contribution in [3.05, 3.63) is 70.4 Å². The summed E-state index contributed by atoms with van der Waals surface area (Å²) in [7, 11) is 0. The third kappa shape index (κ3) is 7.14. The summed E-state index contributed by atoms with van der Waals surface area (Å²) < 4.78 is 5.33. The largest absolute Gasteiger partial charge is 0.444 e. The first-order valence-corrected chi connectivity index (χ1v) is 12.7. The van der Waals surface area contributed by atoms with Gasteiger partial charge in [0.15, 0.2) is 0 Å². The topological polar surface area (TPSA) is 106 Å². The summed E-state index contributed by atoms with van der Waals surface area (Å²) >= 11 is 6.16. The lowest BCUT2D eigenvalue weighted by molar-refractivity contribution is 0.0488. The lowest BCUT2D eigenvalue weighted by atomic mass is 9.91. The average molecular weight is 519 g/mol. The molecule has 192 valence electrons. The number of amides is 2. The molecule has 2 amide bonds. The van der Waals surface area contributed by atoms with Crippen molar-refractivity contribution in [2.45, 2.75) is 64.1 Å². The SMILES string of the molecule is CC(C)(C)OC(=O)NC1CCC(NC(=O)c2ccc(C#Cc3c(N)ncc4ccc(Cl)cc34)cc2)CC1. The summed E-state index contributed by atoms with van der Waals surface area (Å²) in [5, 5.41) is 8.38. The quantitative estimate of drug-likeness (QED) is 0.400. The first-order valence-electron chi connectivity index (χ1n) is 12.3. The summed E-state index contributed by atoms with van der Waals surface area (Å²) in [4.78, 5) is 29.0. The maximum atomic E-state index is 12.8. The molecule has 1 heterocycles. The minimum atomic E-state index is -0.523. The highest BCUT2D eigenvalue weighted by Crippen LogP contribution is 2.25. The molecule has 0 atom stereocenters. The molecule has 0 unspecified atom stereocenters. The van der Waals surface area contributed by atoms with Crippen LogP contribution >= 0.6 is 11.6 Å². The van der Waals surface area contributed by atoms with Crippen LogP contribution in [0.15, 0.2) is 48.7 Å². The Morgan fingerprint density at radius 2 is 1.65 bits per heavy atom. The molecule has 0 radical (unpaired) electrons. The molecule has 1 saturated carbocycles. The normalized spacial score (nSPS) is 17.4. The molecule has 1 aliphatic rings. The fourth-order valence-corrected chi connectivity index (χ4v) is 4.47. The summed E-state index contributed by atoms with van der Waals surface area (Å²) in [6, 6.07) is 12.8. The average Bonchev–Trinajstić information content (AvgIpc) is 2.84. The zero-order valence-electron chi connectivity index (χ0n) is 21.2. The van der Waals surface area contributed by atoms with Gasteiger partial charge in [-0.2, -0.15) is 0 Å². The molecule has 37 heavy (non-hydrogen) atoms. The highest BCUT2D eigenvalue weighted by molar-refractivity contribution is 6.31. The van der Waals surface area contributed by atoms with Crippen molar-refractivity contribution in [3.8, 4) is 11.8 Å². The van der Waals surface area contributed by atoms with Gasteiger partial charge in [0.05, 0.1) is 5.56 Å². The second kappa shape index (κ2) is 11.1. The number of ether oxygens (including phenoxy) is 1. The van der Waals surface area contributed by atoms with Gasteiger partial charge in [0.25, 0.3) is 5.91 Å². The van der Waals surface area contributed by atoms with Crippen LogP contribution < -0.4 is 16.4 Å². The van der Waals surface area contributed by atoms with Crippen LogP contribution in [-0.2, 0) is 4.74 Å². The Labute approximate surface area is 222 Å². The van der Waals surface area contributed by atoms with Gasteiger partial charge in [-0.3, -0.25) is 4.79 Å². The van der Waals surface area contributed by atoms with Gasteiger partial charge in [0.2, 0.25) is 0 Å². The number of nitrogens with one attached hydrogen (secondary N) is 2. The van der Waals surface area contributed by atoms with Crippen molar-refractivity contribution in [1.29, 1.82) is 0 Å². The van der Waals surface area contributed by atoms with E-state index in [2.05, 4.69) is 27.5 Å². The van der Waals surface area contributed by atoms with Crippen LogP contribution in [0.2, 0.25) is 5.02 Å². The van der Waals surface area contributed by atoms with Crippen molar-refractivity contribution < 1.29 is 14.3 Å². The van der Waals surface area contributed by atoms with Gasteiger partial charge in [0, 0.05) is 45.2 Å². The van der Waals surface area contributed by atoms with E-state index in [1.165, 1.54) is 0 Å². The Kier molecular flexibility index (Phi) is 7.89. The van der Waals surface area contributed by atoms with Crippen molar-refractivity contribution in [3.63, 3.8) is 0 Å². The van der Waals surface area contributed by atoms with Crippen molar-refractivity contribution in [1.82, 2.24) is 15.6 Å². The number of anilines is 1. The first-order chi connectivity index (χ1) is 17.6. The molecular formula is C29H31ClN4O3. The molecule has 0 aliphatic heterocycles. The van der Waals surface area contributed by atoms with Gasteiger partial charge in [-0.05, 0) is 82.9 Å². The molecular weight excluding hydrogens is 488 g/mol. The molecule has 4 rings (SSSR count). The number of nitrogen functional groups attached to an aromatic ring is 1. The second-order valence-corrected chi connectivity index (χ2v) is 10.7. The zero-order valence-corrected chi connectivity index (χ0v) is 22.0. The molecule has 4 N–H and O–H groups in total. The summed E-state index contributed by atoms with van der Waals surface area (Å²) in [5.41, 5.74) is 7.50. The zero-order chi connectivity index (χ0) is 26.6. The molecule has 1 fully saturated rings. The molecule has 0 saturated heterocycles. The monoisotopic (exact) mass is 518 g/mol. The van der Waals surface area contributed by atoms with Crippen LogP contribution in [0.25, 0.3) is 10.8 Å². The second-order valence-electron chi connectivity index (χ2n) is 10.2. The number of carbonyl (C=O) groups excluding carboxylic acids is 2. The van der Waals surface area contributed by atoms with Crippen LogP contribution in [-0.4, -0.2) is 34.7 Å². The molecule has 7 nitrogen and oxygen atoms in total. The smallest absolute Gasteiger partial charge is 0.407 e. The molecule has 1 aromatic heterocycles. The van der Waals surface area contributed by atoms with Gasteiger partial charge in [-0.25, -0.2) is 9.78 Å². The number of nitrogens with zero attached hydrogens (tertiary/aromatic N) is 1. The Hall–Kier alpha value is -3.76.